The van der Waals surface area contributed by atoms with Crippen LogP contribution in [0.3, 0.4) is 0 Å². The summed E-state index contributed by atoms with van der Waals surface area (Å²) in [4.78, 5) is 12.7. The fraction of sp³-hybridized carbons (Fsp3) is 0.667. The number of hydrogen-bond acceptors (Lipinski definition) is 4. The molecule has 1 heterocycles. The normalized spacial score (nSPS) is 17.8. The number of esters is 1. The number of terminal acetylenes is 1. The maximum Gasteiger partial charge on any atom is 0.384 e. The average molecular weight is 183 g/mol. The minimum absolute atomic E-state index is 0.364. The Morgan fingerprint density at radius 2 is 2.23 bits per heavy atom. The summed E-state index contributed by atoms with van der Waals surface area (Å²) in [6.07, 6.45) is 4.83. The minimum atomic E-state index is -0.590. The molecule has 1 rings (SSSR count). The molecule has 0 atom stereocenters. The van der Waals surface area contributed by atoms with Crippen molar-refractivity contribution >= 4 is 5.97 Å². The van der Waals surface area contributed by atoms with Gasteiger partial charge in [0.1, 0.15) is 6.61 Å². The molecule has 1 aliphatic rings. The molecule has 4 heteroatoms. The van der Waals surface area contributed by atoms with Gasteiger partial charge in [0.2, 0.25) is 0 Å². The van der Waals surface area contributed by atoms with Crippen molar-refractivity contribution in [1.82, 2.24) is 4.90 Å². The molecule has 0 spiro atoms. The predicted molar refractivity (Wildman–Crippen MR) is 47.1 cm³/mol. The highest BCUT2D eigenvalue weighted by molar-refractivity contribution is 5.87. The van der Waals surface area contributed by atoms with Crippen LogP contribution in [0, 0.1) is 12.3 Å². The molecule has 0 aromatic carbocycles. The fourth-order valence-corrected chi connectivity index (χ4v) is 1.13. The summed E-state index contributed by atoms with van der Waals surface area (Å²) < 4.78 is 9.90. The lowest BCUT2D eigenvalue weighted by molar-refractivity contribution is -0.137. The van der Waals surface area contributed by atoms with Gasteiger partial charge in [-0.05, 0) is 0 Å². The Labute approximate surface area is 77.8 Å². The standard InChI is InChI=1S/C9H13NO3/c1-2-9(11)13-8-5-10-3-6-12-7-4-10/h1H,3-8H2. The summed E-state index contributed by atoms with van der Waals surface area (Å²) in [6.45, 7) is 4.40. The van der Waals surface area contributed by atoms with Crippen molar-refractivity contribution < 1.29 is 14.3 Å². The zero-order valence-corrected chi connectivity index (χ0v) is 7.49. The highest BCUT2D eigenvalue weighted by Crippen LogP contribution is 1.95. The van der Waals surface area contributed by atoms with Crippen molar-refractivity contribution in [2.75, 3.05) is 39.5 Å². The molecule has 0 aromatic heterocycles. The van der Waals surface area contributed by atoms with Gasteiger partial charge in [0.25, 0.3) is 0 Å². The lowest BCUT2D eigenvalue weighted by atomic mass is 10.4. The number of carbonyl (C=O) groups is 1. The van der Waals surface area contributed by atoms with E-state index in [1.807, 2.05) is 5.92 Å². The quantitative estimate of drug-likeness (QED) is 0.336. The van der Waals surface area contributed by atoms with Crippen LogP contribution in [-0.4, -0.2) is 50.3 Å². The van der Waals surface area contributed by atoms with Crippen LogP contribution in [0.15, 0.2) is 0 Å². The van der Waals surface area contributed by atoms with Gasteiger partial charge in [-0.2, -0.15) is 0 Å². The summed E-state index contributed by atoms with van der Waals surface area (Å²) in [5.74, 6) is 1.31. The molecular weight excluding hydrogens is 170 g/mol. The zero-order valence-electron chi connectivity index (χ0n) is 7.49. The first-order chi connectivity index (χ1) is 6.33. The molecule has 0 saturated carbocycles. The van der Waals surface area contributed by atoms with Crippen LogP contribution >= 0.6 is 0 Å². The lowest BCUT2D eigenvalue weighted by Gasteiger charge is -2.25. The highest BCUT2D eigenvalue weighted by Gasteiger charge is 2.09. The van der Waals surface area contributed by atoms with Crippen LogP contribution in [0.2, 0.25) is 0 Å². The average Bonchev–Trinajstić information content (AvgIpc) is 2.19. The monoisotopic (exact) mass is 183 g/mol. The number of carbonyl (C=O) groups excluding carboxylic acids is 1. The van der Waals surface area contributed by atoms with E-state index in [2.05, 4.69) is 4.90 Å². The molecule has 1 fully saturated rings. The second-order valence-electron chi connectivity index (χ2n) is 2.73. The van der Waals surface area contributed by atoms with Gasteiger partial charge in [0.05, 0.1) is 13.2 Å². The van der Waals surface area contributed by atoms with Crippen LogP contribution in [-0.2, 0) is 14.3 Å². The van der Waals surface area contributed by atoms with Crippen LogP contribution in [0.1, 0.15) is 0 Å². The van der Waals surface area contributed by atoms with Crippen molar-refractivity contribution in [2.24, 2.45) is 0 Å². The van der Waals surface area contributed by atoms with E-state index in [0.717, 1.165) is 32.8 Å². The SMILES string of the molecule is C#CC(=O)OCCN1CCOCC1. The number of nitrogens with zero attached hydrogens (tertiary/aromatic N) is 1. The van der Waals surface area contributed by atoms with Gasteiger partial charge in [0.15, 0.2) is 0 Å². The molecule has 1 saturated heterocycles. The van der Waals surface area contributed by atoms with Crippen molar-refractivity contribution in [1.29, 1.82) is 0 Å². The summed E-state index contributed by atoms with van der Waals surface area (Å²) in [5, 5.41) is 0. The maximum absolute atomic E-state index is 10.6. The Kier molecular flexibility index (Phi) is 4.30. The number of ether oxygens (including phenoxy) is 2. The van der Waals surface area contributed by atoms with E-state index in [0.29, 0.717) is 6.61 Å². The lowest BCUT2D eigenvalue weighted by Crippen LogP contribution is -2.38. The van der Waals surface area contributed by atoms with E-state index in [9.17, 15) is 4.79 Å². The summed E-state index contributed by atoms with van der Waals surface area (Å²) in [7, 11) is 0. The zero-order chi connectivity index (χ0) is 9.52. The molecule has 13 heavy (non-hydrogen) atoms. The van der Waals surface area contributed by atoms with Gasteiger partial charge in [0, 0.05) is 25.6 Å². The Balaban J connectivity index is 2.05. The van der Waals surface area contributed by atoms with Gasteiger partial charge < -0.3 is 9.47 Å². The summed E-state index contributed by atoms with van der Waals surface area (Å²) >= 11 is 0. The molecule has 4 nitrogen and oxygen atoms in total. The molecule has 0 unspecified atom stereocenters. The first-order valence-corrected chi connectivity index (χ1v) is 4.26. The van der Waals surface area contributed by atoms with Gasteiger partial charge in [-0.1, -0.05) is 0 Å². The first kappa shape index (κ1) is 10.0. The molecule has 1 aliphatic heterocycles. The van der Waals surface area contributed by atoms with Crippen LogP contribution in [0.5, 0.6) is 0 Å². The predicted octanol–water partition coefficient (Wildman–Crippen LogP) is -0.505. The Bertz CT molecular complexity index is 203. The molecule has 72 valence electrons. The van der Waals surface area contributed by atoms with E-state index >= 15 is 0 Å². The smallest absolute Gasteiger partial charge is 0.384 e. The van der Waals surface area contributed by atoms with Crippen LogP contribution in [0.4, 0.5) is 0 Å². The van der Waals surface area contributed by atoms with Crippen LogP contribution in [0.25, 0.3) is 0 Å². The number of morpholine rings is 1. The maximum atomic E-state index is 10.6. The molecule has 0 bridgehead atoms. The second-order valence-corrected chi connectivity index (χ2v) is 2.73. The van der Waals surface area contributed by atoms with E-state index in [1.165, 1.54) is 0 Å². The van der Waals surface area contributed by atoms with Gasteiger partial charge >= 0.3 is 5.97 Å². The third-order valence-electron chi connectivity index (χ3n) is 1.86. The number of hydrogen-bond donors (Lipinski definition) is 0. The van der Waals surface area contributed by atoms with E-state index in [1.54, 1.807) is 0 Å². The highest BCUT2D eigenvalue weighted by atomic mass is 16.5. The Hall–Kier alpha value is -1.05. The van der Waals surface area contributed by atoms with Crippen LogP contribution < -0.4 is 0 Å². The third kappa shape index (κ3) is 3.92. The van der Waals surface area contributed by atoms with Crippen molar-refractivity contribution in [2.45, 2.75) is 0 Å². The molecule has 0 radical (unpaired) electrons. The molecule has 0 N–H and O–H groups in total. The van der Waals surface area contributed by atoms with E-state index in [4.69, 9.17) is 15.9 Å². The number of rotatable bonds is 3. The van der Waals surface area contributed by atoms with Crippen molar-refractivity contribution in [3.05, 3.63) is 0 Å². The summed E-state index contributed by atoms with van der Waals surface area (Å²) in [5.41, 5.74) is 0. The largest absolute Gasteiger partial charge is 0.455 e. The molecule has 0 aromatic rings. The molecular formula is C9H13NO3. The third-order valence-corrected chi connectivity index (χ3v) is 1.86. The van der Waals surface area contributed by atoms with E-state index in [-0.39, 0.29) is 0 Å². The van der Waals surface area contributed by atoms with Gasteiger partial charge in [-0.3, -0.25) is 4.90 Å². The van der Waals surface area contributed by atoms with Crippen molar-refractivity contribution in [3.63, 3.8) is 0 Å². The fourth-order valence-electron chi connectivity index (χ4n) is 1.13. The second kappa shape index (κ2) is 5.57. The molecule has 0 aliphatic carbocycles. The van der Waals surface area contributed by atoms with Gasteiger partial charge in [-0.15, -0.1) is 6.42 Å². The first-order valence-electron chi connectivity index (χ1n) is 4.26. The van der Waals surface area contributed by atoms with Gasteiger partial charge in [-0.25, -0.2) is 4.79 Å². The topological polar surface area (TPSA) is 38.8 Å². The van der Waals surface area contributed by atoms with E-state index < -0.39 is 5.97 Å². The van der Waals surface area contributed by atoms with Crippen molar-refractivity contribution in [3.8, 4) is 12.3 Å². The Morgan fingerprint density at radius 3 is 2.85 bits per heavy atom. The minimum Gasteiger partial charge on any atom is -0.455 e. The summed E-state index contributed by atoms with van der Waals surface area (Å²) in [6, 6.07) is 0. The Morgan fingerprint density at radius 1 is 1.54 bits per heavy atom. The molecule has 0 amide bonds.